The summed E-state index contributed by atoms with van der Waals surface area (Å²) >= 11 is 1.88. The van der Waals surface area contributed by atoms with Gasteiger partial charge in [0.05, 0.1) is 35.4 Å². The van der Waals surface area contributed by atoms with Crippen molar-refractivity contribution in [1.29, 1.82) is 0 Å². The van der Waals surface area contributed by atoms with Crippen LogP contribution in [0.1, 0.15) is 24.4 Å². The largest absolute Gasteiger partial charge is 0.394 e. The highest BCUT2D eigenvalue weighted by Gasteiger charge is 2.39. The second-order valence-corrected chi connectivity index (χ2v) is 9.90. The predicted octanol–water partition coefficient (Wildman–Crippen LogP) is 2.93. The fraction of sp³-hybridized carbons (Fsp3) is 0.333. The monoisotopic (exact) mass is 542 g/mol. The lowest BCUT2D eigenvalue weighted by Crippen LogP contribution is -2.40. The standard InChI is InChI=1S/C18H18F3IN2O4S/c19-12-5-4-11(17(15(26)8-25)24-29(27,28)10-2-3-10)18(16(12)21)23-14-6-1-9(22)7-13(14)20/h1,4-7,10,15,17,23-26H,2-3,8H2. The number of hydrogen-bond acceptors (Lipinski definition) is 5. The van der Waals surface area contributed by atoms with E-state index in [0.717, 1.165) is 12.1 Å². The van der Waals surface area contributed by atoms with Crippen molar-refractivity contribution < 1.29 is 31.8 Å². The van der Waals surface area contributed by atoms with Gasteiger partial charge in [-0.3, -0.25) is 0 Å². The maximum absolute atomic E-state index is 14.6. The number of nitrogens with one attached hydrogen (secondary N) is 2. The Bertz CT molecular complexity index is 1020. The first-order valence-electron chi connectivity index (χ1n) is 8.64. The normalized spacial score (nSPS) is 16.5. The summed E-state index contributed by atoms with van der Waals surface area (Å²) < 4.78 is 70.3. The van der Waals surface area contributed by atoms with Crippen LogP contribution in [0.3, 0.4) is 0 Å². The summed E-state index contributed by atoms with van der Waals surface area (Å²) in [5.74, 6) is -3.35. The zero-order valence-electron chi connectivity index (χ0n) is 14.9. The smallest absolute Gasteiger partial charge is 0.215 e. The summed E-state index contributed by atoms with van der Waals surface area (Å²) in [6.45, 7) is -0.839. The van der Waals surface area contributed by atoms with Crippen molar-refractivity contribution in [2.45, 2.75) is 30.2 Å². The molecule has 0 amide bonds. The van der Waals surface area contributed by atoms with Crippen LogP contribution < -0.4 is 10.0 Å². The Hall–Kier alpha value is -1.41. The van der Waals surface area contributed by atoms with Crippen LogP contribution in [0.2, 0.25) is 0 Å². The molecule has 0 saturated heterocycles. The highest BCUT2D eigenvalue weighted by Crippen LogP contribution is 2.35. The predicted molar refractivity (Wildman–Crippen MR) is 110 cm³/mol. The molecule has 2 aromatic rings. The molecule has 2 aromatic carbocycles. The zero-order valence-corrected chi connectivity index (χ0v) is 17.8. The van der Waals surface area contributed by atoms with Crippen molar-refractivity contribution in [1.82, 2.24) is 4.72 Å². The molecule has 3 rings (SSSR count). The van der Waals surface area contributed by atoms with E-state index < -0.39 is 57.2 Å². The van der Waals surface area contributed by atoms with Crippen LogP contribution in [0.25, 0.3) is 0 Å². The number of benzene rings is 2. The lowest BCUT2D eigenvalue weighted by Gasteiger charge is -2.26. The molecule has 0 heterocycles. The third-order valence-corrected chi connectivity index (χ3v) is 7.08. The molecule has 2 atom stereocenters. The van der Waals surface area contributed by atoms with Crippen molar-refractivity contribution >= 4 is 44.0 Å². The third-order valence-electron chi connectivity index (χ3n) is 4.48. The Kier molecular flexibility index (Phi) is 6.73. The molecule has 1 aliphatic rings. The van der Waals surface area contributed by atoms with E-state index in [-0.39, 0.29) is 11.3 Å². The van der Waals surface area contributed by atoms with Gasteiger partial charge < -0.3 is 15.5 Å². The van der Waals surface area contributed by atoms with Crippen molar-refractivity contribution in [3.8, 4) is 0 Å². The van der Waals surface area contributed by atoms with Crippen LogP contribution >= 0.6 is 22.6 Å². The van der Waals surface area contributed by atoms with E-state index in [2.05, 4.69) is 10.0 Å². The lowest BCUT2D eigenvalue weighted by molar-refractivity contribution is 0.0694. The first kappa shape index (κ1) is 22.3. The van der Waals surface area contributed by atoms with Gasteiger partial charge in [-0.25, -0.2) is 26.3 Å². The molecule has 0 aliphatic heterocycles. The van der Waals surface area contributed by atoms with Crippen molar-refractivity contribution in [3.63, 3.8) is 0 Å². The maximum Gasteiger partial charge on any atom is 0.215 e. The van der Waals surface area contributed by atoms with Gasteiger partial charge in [0, 0.05) is 3.57 Å². The molecule has 0 bridgehead atoms. The minimum Gasteiger partial charge on any atom is -0.394 e. The van der Waals surface area contributed by atoms with Gasteiger partial charge in [-0.1, -0.05) is 6.07 Å². The lowest BCUT2D eigenvalue weighted by atomic mass is 9.99. The highest BCUT2D eigenvalue weighted by molar-refractivity contribution is 14.1. The van der Waals surface area contributed by atoms with E-state index in [1.165, 1.54) is 12.1 Å². The number of halogens is 4. The Morgan fingerprint density at radius 2 is 1.83 bits per heavy atom. The van der Waals surface area contributed by atoms with Gasteiger partial charge in [0.15, 0.2) is 11.6 Å². The molecule has 1 fully saturated rings. The van der Waals surface area contributed by atoms with Gasteiger partial charge in [-0.2, -0.15) is 0 Å². The molecular formula is C18H18F3IN2O4S. The van der Waals surface area contributed by atoms with Gasteiger partial charge in [0.25, 0.3) is 0 Å². The quantitative estimate of drug-likeness (QED) is 0.385. The van der Waals surface area contributed by atoms with Gasteiger partial charge in [-0.05, 0) is 65.3 Å². The van der Waals surface area contributed by atoms with E-state index in [1.54, 1.807) is 6.07 Å². The zero-order chi connectivity index (χ0) is 21.3. The molecule has 4 N–H and O–H groups in total. The number of anilines is 2. The van der Waals surface area contributed by atoms with Gasteiger partial charge >= 0.3 is 0 Å². The van der Waals surface area contributed by atoms with E-state index >= 15 is 0 Å². The summed E-state index contributed by atoms with van der Waals surface area (Å²) in [7, 11) is -3.86. The molecule has 29 heavy (non-hydrogen) atoms. The minimum absolute atomic E-state index is 0.168. The number of rotatable bonds is 8. The Morgan fingerprint density at radius 1 is 1.14 bits per heavy atom. The molecule has 11 heteroatoms. The molecule has 0 spiro atoms. The van der Waals surface area contributed by atoms with Crippen molar-refractivity contribution in [2.24, 2.45) is 0 Å². The molecule has 0 aromatic heterocycles. The van der Waals surface area contributed by atoms with Crippen molar-refractivity contribution in [2.75, 3.05) is 11.9 Å². The molecule has 2 unspecified atom stereocenters. The van der Waals surface area contributed by atoms with Crippen LogP contribution in [0.4, 0.5) is 24.5 Å². The second kappa shape index (κ2) is 8.76. The van der Waals surface area contributed by atoms with Gasteiger partial charge in [0.2, 0.25) is 10.0 Å². The Balaban J connectivity index is 2.07. The summed E-state index contributed by atoms with van der Waals surface area (Å²) in [5.41, 5.74) is -0.882. The Labute approximate surface area is 179 Å². The topological polar surface area (TPSA) is 98.7 Å². The van der Waals surface area contributed by atoms with E-state index in [4.69, 9.17) is 0 Å². The fourth-order valence-corrected chi connectivity index (χ4v) is 4.82. The van der Waals surface area contributed by atoms with Crippen LogP contribution in [-0.2, 0) is 10.0 Å². The van der Waals surface area contributed by atoms with Crippen LogP contribution in [0.15, 0.2) is 30.3 Å². The van der Waals surface area contributed by atoms with E-state index in [9.17, 15) is 31.8 Å². The molecule has 0 radical (unpaired) electrons. The Morgan fingerprint density at radius 3 is 2.41 bits per heavy atom. The third kappa shape index (κ3) is 5.02. The number of aliphatic hydroxyl groups excluding tert-OH is 2. The van der Waals surface area contributed by atoms with Gasteiger partial charge in [0.1, 0.15) is 5.82 Å². The average molecular weight is 542 g/mol. The first-order chi connectivity index (χ1) is 13.6. The maximum atomic E-state index is 14.6. The average Bonchev–Trinajstić information content (AvgIpc) is 3.51. The first-order valence-corrected chi connectivity index (χ1v) is 11.3. The summed E-state index contributed by atoms with van der Waals surface area (Å²) in [4.78, 5) is 0. The van der Waals surface area contributed by atoms with Gasteiger partial charge in [-0.15, -0.1) is 0 Å². The fourth-order valence-electron chi connectivity index (χ4n) is 2.78. The van der Waals surface area contributed by atoms with Crippen LogP contribution in [-0.4, -0.2) is 36.6 Å². The number of aliphatic hydroxyl groups is 2. The molecule has 6 nitrogen and oxygen atoms in total. The molecule has 1 saturated carbocycles. The van der Waals surface area contributed by atoms with Crippen LogP contribution in [0.5, 0.6) is 0 Å². The molecule has 158 valence electrons. The van der Waals surface area contributed by atoms with E-state index in [1.807, 2.05) is 22.6 Å². The van der Waals surface area contributed by atoms with Crippen molar-refractivity contribution in [3.05, 3.63) is 56.9 Å². The number of sulfonamides is 1. The summed E-state index contributed by atoms with van der Waals surface area (Å²) in [6, 6.07) is 4.40. The summed E-state index contributed by atoms with van der Waals surface area (Å²) in [5, 5.41) is 21.3. The molecular weight excluding hydrogens is 524 g/mol. The molecule has 1 aliphatic carbocycles. The van der Waals surface area contributed by atoms with E-state index in [0.29, 0.717) is 16.4 Å². The summed E-state index contributed by atoms with van der Waals surface area (Å²) in [6.07, 6.45) is -0.766. The second-order valence-electron chi connectivity index (χ2n) is 6.66. The highest BCUT2D eigenvalue weighted by atomic mass is 127. The van der Waals surface area contributed by atoms with Crippen LogP contribution in [0, 0.1) is 21.0 Å². The SMILES string of the molecule is O=S(=O)(NC(c1ccc(F)c(F)c1Nc1ccc(I)cc1F)C(O)CO)C1CC1. The minimum atomic E-state index is -3.86. The number of hydrogen-bond donors (Lipinski definition) is 4.